The Kier molecular flexibility index (Phi) is 5.63. The topological polar surface area (TPSA) is 102 Å². The molecule has 0 saturated heterocycles. The fourth-order valence-corrected chi connectivity index (χ4v) is 4.78. The highest BCUT2D eigenvalue weighted by molar-refractivity contribution is 7.99. The standard InChI is InChI=1S/C24H21N3O5S/c1-2-15-20(14-8-9-18-19(12-14)32-13-31-18)25-24(26-21(15)28)33-11-5-10-27-22(29)16-6-3-4-7-17(16)23(27)30/h3-4,6-9,12H,2,5,10-11,13H2,1H3,(H,25,26,28). The highest BCUT2D eigenvalue weighted by Gasteiger charge is 2.34. The lowest BCUT2D eigenvalue weighted by Crippen LogP contribution is -2.31. The monoisotopic (exact) mass is 463 g/mol. The molecule has 0 fully saturated rings. The number of hydrogen-bond donors (Lipinski definition) is 1. The predicted octanol–water partition coefficient (Wildman–Crippen LogP) is 3.51. The summed E-state index contributed by atoms with van der Waals surface area (Å²) < 4.78 is 10.8. The van der Waals surface area contributed by atoms with E-state index in [1.165, 1.54) is 16.7 Å². The number of thioether (sulfide) groups is 1. The summed E-state index contributed by atoms with van der Waals surface area (Å²) in [5, 5.41) is 0.493. The minimum Gasteiger partial charge on any atom is -0.454 e. The van der Waals surface area contributed by atoms with E-state index >= 15 is 0 Å². The number of amides is 2. The Bertz CT molecular complexity index is 1280. The summed E-state index contributed by atoms with van der Waals surface area (Å²) in [5.74, 6) is 1.37. The lowest BCUT2D eigenvalue weighted by atomic mass is 10.0. The number of aromatic amines is 1. The van der Waals surface area contributed by atoms with E-state index < -0.39 is 0 Å². The molecule has 1 N–H and O–H groups in total. The van der Waals surface area contributed by atoms with Gasteiger partial charge < -0.3 is 14.5 Å². The fourth-order valence-electron chi connectivity index (χ4n) is 3.99. The number of imide groups is 1. The quantitative estimate of drug-likeness (QED) is 0.248. The molecule has 0 bridgehead atoms. The van der Waals surface area contributed by atoms with E-state index in [0.717, 1.165) is 5.56 Å². The molecule has 168 valence electrons. The van der Waals surface area contributed by atoms with Gasteiger partial charge in [-0.25, -0.2) is 4.98 Å². The van der Waals surface area contributed by atoms with Crippen LogP contribution in [0.2, 0.25) is 0 Å². The van der Waals surface area contributed by atoms with Gasteiger partial charge in [0.1, 0.15) is 0 Å². The van der Waals surface area contributed by atoms with Gasteiger partial charge in [0.05, 0.1) is 16.8 Å². The molecule has 0 spiro atoms. The Morgan fingerprint density at radius 1 is 1.03 bits per heavy atom. The number of carbonyl (C=O) groups is 2. The lowest BCUT2D eigenvalue weighted by molar-refractivity contribution is 0.0655. The van der Waals surface area contributed by atoms with Crippen molar-refractivity contribution in [2.45, 2.75) is 24.9 Å². The maximum Gasteiger partial charge on any atom is 0.261 e. The van der Waals surface area contributed by atoms with Crippen molar-refractivity contribution in [1.82, 2.24) is 14.9 Å². The van der Waals surface area contributed by atoms with Crippen LogP contribution in [0.5, 0.6) is 11.5 Å². The van der Waals surface area contributed by atoms with E-state index in [1.54, 1.807) is 24.3 Å². The number of ether oxygens (including phenoxy) is 2. The van der Waals surface area contributed by atoms with Gasteiger partial charge in [-0.05, 0) is 43.2 Å². The second kappa shape index (κ2) is 8.74. The molecule has 2 aromatic carbocycles. The van der Waals surface area contributed by atoms with Crippen molar-refractivity contribution in [3.63, 3.8) is 0 Å². The summed E-state index contributed by atoms with van der Waals surface area (Å²) >= 11 is 1.39. The number of rotatable bonds is 7. The van der Waals surface area contributed by atoms with Crippen LogP contribution in [0.1, 0.15) is 39.6 Å². The molecule has 2 amide bonds. The van der Waals surface area contributed by atoms with Crippen LogP contribution in [0.3, 0.4) is 0 Å². The van der Waals surface area contributed by atoms with E-state index in [1.807, 2.05) is 25.1 Å². The number of fused-ring (bicyclic) bond motifs is 2. The zero-order valence-corrected chi connectivity index (χ0v) is 18.7. The van der Waals surface area contributed by atoms with Gasteiger partial charge in [0, 0.05) is 23.4 Å². The number of benzene rings is 2. The SMILES string of the molecule is CCc1c(-c2ccc3c(c2)OCO3)nc(SCCCN2C(=O)c3ccccc3C2=O)[nH]c1=O. The molecule has 0 saturated carbocycles. The van der Waals surface area contributed by atoms with Gasteiger partial charge in [-0.15, -0.1) is 0 Å². The average molecular weight is 464 g/mol. The lowest BCUT2D eigenvalue weighted by Gasteiger charge is -2.13. The van der Waals surface area contributed by atoms with Crippen LogP contribution in [0.4, 0.5) is 0 Å². The Morgan fingerprint density at radius 3 is 2.48 bits per heavy atom. The second-order valence-corrected chi connectivity index (χ2v) is 8.71. The van der Waals surface area contributed by atoms with Gasteiger partial charge >= 0.3 is 0 Å². The number of nitrogens with zero attached hydrogens (tertiary/aromatic N) is 2. The molecule has 5 rings (SSSR count). The first kappa shape index (κ1) is 21.3. The highest BCUT2D eigenvalue weighted by Crippen LogP contribution is 2.36. The number of aromatic nitrogens is 2. The first-order chi connectivity index (χ1) is 16.1. The Hall–Kier alpha value is -3.59. The van der Waals surface area contributed by atoms with Crippen LogP contribution in [-0.4, -0.2) is 45.8 Å². The van der Waals surface area contributed by atoms with Gasteiger partial charge in [0.15, 0.2) is 16.7 Å². The van der Waals surface area contributed by atoms with E-state index in [2.05, 4.69) is 4.98 Å². The Labute approximate surface area is 193 Å². The second-order valence-electron chi connectivity index (χ2n) is 7.63. The van der Waals surface area contributed by atoms with Crippen molar-refractivity contribution in [2.75, 3.05) is 19.1 Å². The number of H-pyrrole nitrogens is 1. The molecule has 2 aliphatic heterocycles. The van der Waals surface area contributed by atoms with Crippen LogP contribution in [0.25, 0.3) is 11.3 Å². The van der Waals surface area contributed by atoms with Crippen molar-refractivity contribution >= 4 is 23.6 Å². The normalized spacial score (nSPS) is 14.2. The van der Waals surface area contributed by atoms with E-state index in [9.17, 15) is 14.4 Å². The molecular weight excluding hydrogens is 442 g/mol. The van der Waals surface area contributed by atoms with Crippen molar-refractivity contribution in [3.8, 4) is 22.8 Å². The summed E-state index contributed by atoms with van der Waals surface area (Å²) in [6, 6.07) is 12.4. The predicted molar refractivity (Wildman–Crippen MR) is 123 cm³/mol. The molecule has 9 heteroatoms. The van der Waals surface area contributed by atoms with Crippen molar-refractivity contribution in [1.29, 1.82) is 0 Å². The molecule has 3 heterocycles. The average Bonchev–Trinajstić information content (AvgIpc) is 3.39. The third-order valence-corrected chi connectivity index (χ3v) is 6.60. The molecule has 8 nitrogen and oxygen atoms in total. The van der Waals surface area contributed by atoms with E-state index in [-0.39, 0.29) is 24.2 Å². The fraction of sp³-hybridized carbons (Fsp3) is 0.250. The first-order valence-corrected chi connectivity index (χ1v) is 11.7. The molecular formula is C24H21N3O5S. The van der Waals surface area contributed by atoms with Gasteiger partial charge in [0.2, 0.25) is 6.79 Å². The zero-order valence-electron chi connectivity index (χ0n) is 17.9. The van der Waals surface area contributed by atoms with E-state index in [4.69, 9.17) is 14.5 Å². The maximum absolute atomic E-state index is 12.7. The van der Waals surface area contributed by atoms with Crippen LogP contribution in [0, 0.1) is 0 Å². The van der Waals surface area contributed by atoms with Crippen LogP contribution in [-0.2, 0) is 6.42 Å². The molecule has 1 aromatic heterocycles. The van der Waals surface area contributed by atoms with Crippen molar-refractivity contribution < 1.29 is 19.1 Å². The number of hydrogen-bond acceptors (Lipinski definition) is 7. The van der Waals surface area contributed by atoms with Crippen LogP contribution < -0.4 is 15.0 Å². The minimum atomic E-state index is -0.260. The maximum atomic E-state index is 12.7. The number of carbonyl (C=O) groups excluding carboxylic acids is 2. The van der Waals surface area contributed by atoms with Crippen LogP contribution in [0.15, 0.2) is 52.4 Å². The summed E-state index contributed by atoms with van der Waals surface area (Å²) in [5.41, 5.74) is 2.72. The molecule has 0 aliphatic carbocycles. The summed E-state index contributed by atoms with van der Waals surface area (Å²) in [4.78, 5) is 46.5. The summed E-state index contributed by atoms with van der Waals surface area (Å²) in [6.07, 6.45) is 1.12. The molecule has 33 heavy (non-hydrogen) atoms. The van der Waals surface area contributed by atoms with E-state index in [0.29, 0.717) is 64.2 Å². The van der Waals surface area contributed by atoms with Crippen LogP contribution >= 0.6 is 11.8 Å². The van der Waals surface area contributed by atoms with Crippen molar-refractivity contribution in [3.05, 3.63) is 69.5 Å². The van der Waals surface area contributed by atoms with Gasteiger partial charge in [-0.1, -0.05) is 30.8 Å². The van der Waals surface area contributed by atoms with Gasteiger partial charge in [-0.3, -0.25) is 19.3 Å². The highest BCUT2D eigenvalue weighted by atomic mass is 32.2. The molecule has 0 atom stereocenters. The van der Waals surface area contributed by atoms with Gasteiger partial charge in [-0.2, -0.15) is 0 Å². The number of nitrogens with one attached hydrogen (secondary N) is 1. The summed E-state index contributed by atoms with van der Waals surface area (Å²) in [7, 11) is 0. The first-order valence-electron chi connectivity index (χ1n) is 10.7. The molecule has 2 aliphatic rings. The minimum absolute atomic E-state index is 0.177. The molecule has 0 radical (unpaired) electrons. The smallest absolute Gasteiger partial charge is 0.261 e. The van der Waals surface area contributed by atoms with Gasteiger partial charge in [0.25, 0.3) is 17.4 Å². The Balaban J connectivity index is 1.28. The molecule has 0 unspecified atom stereocenters. The molecule has 3 aromatic rings. The third-order valence-electron chi connectivity index (χ3n) is 5.64. The zero-order chi connectivity index (χ0) is 22.9. The summed E-state index contributed by atoms with van der Waals surface area (Å²) in [6.45, 7) is 2.40. The van der Waals surface area contributed by atoms with Crippen molar-refractivity contribution in [2.24, 2.45) is 0 Å². The largest absolute Gasteiger partial charge is 0.454 e. The Morgan fingerprint density at radius 2 is 1.76 bits per heavy atom. The third kappa shape index (κ3) is 3.89.